The number of fused-ring (bicyclic) bond motifs is 2. The minimum absolute atomic E-state index is 0.0673. The van der Waals surface area contributed by atoms with E-state index in [0.29, 0.717) is 13.0 Å². The number of hydrogen-bond donors (Lipinski definition) is 1. The van der Waals surface area contributed by atoms with E-state index in [-0.39, 0.29) is 11.3 Å². The molecule has 0 bridgehead atoms. The van der Waals surface area contributed by atoms with Gasteiger partial charge < -0.3 is 4.57 Å². The second-order valence-electron chi connectivity index (χ2n) is 7.55. The first-order chi connectivity index (χ1) is 14.9. The first kappa shape index (κ1) is 21.0. The lowest BCUT2D eigenvalue weighted by molar-refractivity contribution is 0.0981. The van der Waals surface area contributed by atoms with Gasteiger partial charge in [-0.25, -0.2) is 18.1 Å². The third-order valence-electron chi connectivity index (χ3n) is 5.19. The molecule has 0 saturated carbocycles. The molecule has 0 aliphatic heterocycles. The number of carbonyl (C=O) groups excluding carboxylic acids is 1. The topological polar surface area (TPSA) is 94.0 Å². The summed E-state index contributed by atoms with van der Waals surface area (Å²) < 4.78 is 28.3. The van der Waals surface area contributed by atoms with Crippen LogP contribution < -0.4 is 4.72 Å². The fraction of sp³-hybridized carbons (Fsp3) is 0.261. The van der Waals surface area contributed by atoms with Crippen molar-refractivity contribution < 1.29 is 13.2 Å². The minimum Gasteiger partial charge on any atom is -0.322 e. The van der Waals surface area contributed by atoms with E-state index < -0.39 is 15.9 Å². The number of nitrogens with zero attached hydrogens (tertiary/aromatic N) is 3. The third kappa shape index (κ3) is 4.59. The highest BCUT2D eigenvalue weighted by Gasteiger charge is 2.17. The Labute approximate surface area is 181 Å². The summed E-state index contributed by atoms with van der Waals surface area (Å²) in [5, 5.41) is 1.07. The maximum Gasteiger partial charge on any atom is 0.264 e. The average Bonchev–Trinajstić information content (AvgIpc) is 3.06. The largest absolute Gasteiger partial charge is 0.322 e. The van der Waals surface area contributed by atoms with E-state index in [9.17, 15) is 13.2 Å². The monoisotopic (exact) mass is 436 g/mol. The van der Waals surface area contributed by atoms with Crippen molar-refractivity contribution in [1.82, 2.24) is 19.3 Å². The highest BCUT2D eigenvalue weighted by atomic mass is 32.2. The fourth-order valence-corrected chi connectivity index (χ4v) is 4.70. The first-order valence-electron chi connectivity index (χ1n) is 10.2. The van der Waals surface area contributed by atoms with E-state index in [1.54, 1.807) is 18.2 Å². The van der Waals surface area contributed by atoms with Crippen molar-refractivity contribution in [3.8, 4) is 0 Å². The number of benzene rings is 2. The molecule has 2 heterocycles. The predicted octanol–water partition coefficient (Wildman–Crippen LogP) is 3.80. The molecule has 2 aromatic heterocycles. The number of nitrogens with one attached hydrogen (secondary N) is 1. The Hall–Kier alpha value is -3.26. The van der Waals surface area contributed by atoms with Crippen molar-refractivity contribution in [3.63, 3.8) is 0 Å². The lowest BCUT2D eigenvalue weighted by Gasteiger charge is -2.09. The molecule has 0 spiro atoms. The van der Waals surface area contributed by atoms with Gasteiger partial charge in [0.05, 0.1) is 34.5 Å². The lowest BCUT2D eigenvalue weighted by atomic mass is 10.2. The van der Waals surface area contributed by atoms with E-state index in [1.807, 2.05) is 54.8 Å². The first-order valence-corrected chi connectivity index (χ1v) is 11.9. The van der Waals surface area contributed by atoms with Crippen LogP contribution in [0.3, 0.4) is 0 Å². The fourth-order valence-electron chi connectivity index (χ4n) is 3.53. The Kier molecular flexibility index (Phi) is 5.73. The summed E-state index contributed by atoms with van der Waals surface area (Å²) in [4.78, 5) is 21.9. The van der Waals surface area contributed by atoms with Crippen LogP contribution in [0.15, 0.2) is 54.6 Å². The molecular formula is C23H24N4O3S. The molecule has 0 fully saturated rings. The quantitative estimate of drug-likeness (QED) is 0.476. The number of imidazole rings is 1. The molecule has 0 saturated heterocycles. The van der Waals surface area contributed by atoms with Gasteiger partial charge in [0.25, 0.3) is 5.91 Å². The second-order valence-corrected chi connectivity index (χ2v) is 9.39. The van der Waals surface area contributed by atoms with Crippen LogP contribution in [0.5, 0.6) is 0 Å². The summed E-state index contributed by atoms with van der Waals surface area (Å²) in [7, 11) is -3.65. The Bertz CT molecular complexity index is 1380. The van der Waals surface area contributed by atoms with Gasteiger partial charge in [0.2, 0.25) is 10.0 Å². The molecule has 160 valence electrons. The van der Waals surface area contributed by atoms with Crippen LogP contribution in [-0.2, 0) is 16.6 Å². The van der Waals surface area contributed by atoms with Gasteiger partial charge in [-0.1, -0.05) is 37.6 Å². The number of carbonyl (C=O) groups is 1. The molecular weight excluding hydrogens is 412 g/mol. The van der Waals surface area contributed by atoms with Crippen LogP contribution in [0, 0.1) is 6.92 Å². The Balaban J connectivity index is 1.65. The van der Waals surface area contributed by atoms with Gasteiger partial charge in [-0.3, -0.25) is 9.78 Å². The van der Waals surface area contributed by atoms with Crippen molar-refractivity contribution in [2.45, 2.75) is 33.2 Å². The Morgan fingerprint density at radius 2 is 1.84 bits per heavy atom. The maximum atomic E-state index is 12.6. The summed E-state index contributed by atoms with van der Waals surface area (Å²) in [6.45, 7) is 4.29. The summed E-state index contributed by atoms with van der Waals surface area (Å²) in [5.41, 5.74) is 3.56. The van der Waals surface area contributed by atoms with Gasteiger partial charge in [0.1, 0.15) is 5.82 Å². The van der Waals surface area contributed by atoms with Gasteiger partial charge in [0.15, 0.2) is 0 Å². The van der Waals surface area contributed by atoms with Crippen molar-refractivity contribution in [2.75, 3.05) is 5.75 Å². The molecule has 0 aliphatic carbocycles. The van der Waals surface area contributed by atoms with Gasteiger partial charge in [-0.05, 0) is 43.7 Å². The summed E-state index contributed by atoms with van der Waals surface area (Å²) >= 11 is 0. The van der Waals surface area contributed by atoms with Crippen LogP contribution in [0.1, 0.15) is 41.6 Å². The molecule has 31 heavy (non-hydrogen) atoms. The predicted molar refractivity (Wildman–Crippen MR) is 121 cm³/mol. The van der Waals surface area contributed by atoms with Gasteiger partial charge in [-0.15, -0.1) is 0 Å². The number of aromatic nitrogens is 3. The van der Waals surface area contributed by atoms with Crippen LogP contribution >= 0.6 is 0 Å². The Morgan fingerprint density at radius 3 is 2.65 bits per heavy atom. The highest BCUT2D eigenvalue weighted by molar-refractivity contribution is 7.90. The van der Waals surface area contributed by atoms with Crippen molar-refractivity contribution in [2.24, 2.45) is 0 Å². The second kappa shape index (κ2) is 8.47. The molecule has 2 aromatic carbocycles. The number of sulfonamides is 1. The smallest absolute Gasteiger partial charge is 0.264 e. The zero-order valence-corrected chi connectivity index (χ0v) is 18.3. The summed E-state index contributed by atoms with van der Waals surface area (Å²) in [6.07, 6.45) is 1.24. The molecule has 8 heteroatoms. The van der Waals surface area contributed by atoms with E-state index >= 15 is 0 Å². The van der Waals surface area contributed by atoms with E-state index in [1.165, 1.54) is 0 Å². The van der Waals surface area contributed by atoms with Crippen molar-refractivity contribution in [1.29, 1.82) is 0 Å². The van der Waals surface area contributed by atoms with Gasteiger partial charge in [-0.2, -0.15) is 0 Å². The molecule has 4 rings (SSSR count). The summed E-state index contributed by atoms with van der Waals surface area (Å²) in [6, 6.07) is 16.9. The molecule has 1 amide bonds. The van der Waals surface area contributed by atoms with Gasteiger partial charge in [0, 0.05) is 10.9 Å². The number of aryl methyl sites for hydroxylation is 1. The Morgan fingerprint density at radius 1 is 1.03 bits per heavy atom. The molecule has 0 radical (unpaired) electrons. The van der Waals surface area contributed by atoms with Gasteiger partial charge >= 0.3 is 0 Å². The molecule has 1 N–H and O–H groups in total. The van der Waals surface area contributed by atoms with Crippen molar-refractivity contribution in [3.05, 3.63) is 71.7 Å². The van der Waals surface area contributed by atoms with Crippen molar-refractivity contribution >= 4 is 37.9 Å². The number of hydrogen-bond acceptors (Lipinski definition) is 5. The maximum absolute atomic E-state index is 12.6. The standard InChI is InChI=1S/C23H24N4O3S/c1-3-4-13-31(29,30)26-23(28)18-10-12-21-22(14-18)27(16(2)24-21)15-19-11-9-17-7-5-6-8-20(17)25-19/h5-12,14H,3-4,13,15H2,1-2H3,(H,26,28). The SMILES string of the molecule is CCCCS(=O)(=O)NC(=O)c1ccc2nc(C)n(Cc3ccc4ccccc4n3)c2c1. The van der Waals surface area contributed by atoms with Crippen LogP contribution in [0.4, 0.5) is 0 Å². The van der Waals surface area contributed by atoms with E-state index in [0.717, 1.165) is 39.9 Å². The normalized spacial score (nSPS) is 11.8. The highest BCUT2D eigenvalue weighted by Crippen LogP contribution is 2.20. The van der Waals surface area contributed by atoms with E-state index in [4.69, 9.17) is 4.98 Å². The lowest BCUT2D eigenvalue weighted by Crippen LogP contribution is -2.32. The molecule has 0 unspecified atom stereocenters. The zero-order valence-electron chi connectivity index (χ0n) is 17.5. The van der Waals surface area contributed by atoms with E-state index in [2.05, 4.69) is 9.71 Å². The average molecular weight is 437 g/mol. The minimum atomic E-state index is -3.65. The number of rotatable bonds is 7. The number of pyridine rings is 1. The number of unbranched alkanes of at least 4 members (excludes halogenated alkanes) is 1. The molecule has 0 aliphatic rings. The third-order valence-corrected chi connectivity index (χ3v) is 6.51. The van der Waals surface area contributed by atoms with Crippen LogP contribution in [0.2, 0.25) is 0 Å². The molecule has 4 aromatic rings. The summed E-state index contributed by atoms with van der Waals surface area (Å²) in [5.74, 6) is 0.0904. The zero-order chi connectivity index (χ0) is 22.0. The van der Waals surface area contributed by atoms with Crippen LogP contribution in [0.25, 0.3) is 21.9 Å². The molecule has 0 atom stereocenters. The number of para-hydroxylation sites is 1. The van der Waals surface area contributed by atoms with Crippen LogP contribution in [-0.4, -0.2) is 34.6 Å². The molecule has 7 nitrogen and oxygen atoms in total. The number of amides is 1.